The number of anilines is 1. The van der Waals surface area contributed by atoms with Crippen LogP contribution in [0, 0.1) is 5.82 Å². The Morgan fingerprint density at radius 1 is 1.03 bits per heavy atom. The van der Waals surface area contributed by atoms with Crippen molar-refractivity contribution in [2.45, 2.75) is 6.54 Å². The second-order valence-electron chi connectivity index (χ2n) is 8.20. The number of hydrogen-bond acceptors (Lipinski definition) is 6. The van der Waals surface area contributed by atoms with Gasteiger partial charge in [-0.2, -0.15) is 0 Å². The number of nitrogens with one attached hydrogen (secondary N) is 1. The van der Waals surface area contributed by atoms with Gasteiger partial charge in [0.05, 0.1) is 23.7 Å². The second-order valence-corrected chi connectivity index (χ2v) is 9.89. The van der Waals surface area contributed by atoms with E-state index in [1.807, 2.05) is 12.1 Å². The number of methoxy groups -OCH3 is 1. The molecule has 1 aliphatic rings. The molecule has 184 valence electrons. The summed E-state index contributed by atoms with van der Waals surface area (Å²) in [6, 6.07) is 11.5. The largest absolute Gasteiger partial charge is 0.465 e. The standard InChI is InChI=1S/C25H24Cl2FN3O3S/c1-34-25(33)23-19(17-3-5-18(28)6-4-17)15-35-24(23)29-22(32)14-31-10-8-30(9-11-31)13-16-2-7-20(26)21(27)12-16/h2-7,12,15H,8-11,13-14H2,1H3,(H,29,32). The smallest absolute Gasteiger partial charge is 0.341 e. The van der Waals surface area contributed by atoms with Crippen LogP contribution in [-0.4, -0.2) is 61.5 Å². The van der Waals surface area contributed by atoms with Gasteiger partial charge in [-0.1, -0.05) is 41.4 Å². The number of piperazine rings is 1. The van der Waals surface area contributed by atoms with Crippen LogP contribution in [0.5, 0.6) is 0 Å². The molecule has 0 bridgehead atoms. The molecule has 0 aliphatic carbocycles. The summed E-state index contributed by atoms with van der Waals surface area (Å²) in [5.41, 5.74) is 2.62. The van der Waals surface area contributed by atoms with E-state index in [-0.39, 0.29) is 23.8 Å². The molecule has 1 N–H and O–H groups in total. The van der Waals surface area contributed by atoms with Crippen molar-refractivity contribution in [1.29, 1.82) is 0 Å². The molecule has 2 aromatic carbocycles. The van der Waals surface area contributed by atoms with Gasteiger partial charge in [-0.25, -0.2) is 9.18 Å². The minimum absolute atomic E-state index is 0.208. The number of carbonyl (C=O) groups excluding carboxylic acids is 2. The van der Waals surface area contributed by atoms with Crippen molar-refractivity contribution in [1.82, 2.24) is 9.80 Å². The Morgan fingerprint density at radius 2 is 1.71 bits per heavy atom. The van der Waals surface area contributed by atoms with Gasteiger partial charge in [0.15, 0.2) is 0 Å². The average Bonchev–Trinajstić information content (AvgIpc) is 3.26. The number of rotatable bonds is 7. The van der Waals surface area contributed by atoms with Crippen molar-refractivity contribution in [2.75, 3.05) is 45.2 Å². The average molecular weight is 536 g/mol. The number of amides is 1. The molecule has 1 saturated heterocycles. The first-order valence-corrected chi connectivity index (χ1v) is 12.6. The molecule has 4 rings (SSSR count). The molecule has 1 aromatic heterocycles. The summed E-state index contributed by atoms with van der Waals surface area (Å²) < 4.78 is 18.3. The maximum atomic E-state index is 13.3. The van der Waals surface area contributed by atoms with Gasteiger partial charge in [-0.15, -0.1) is 11.3 Å². The molecule has 0 atom stereocenters. The van der Waals surface area contributed by atoms with Crippen molar-refractivity contribution in [3.05, 3.63) is 74.8 Å². The maximum absolute atomic E-state index is 13.3. The second kappa shape index (κ2) is 11.5. The molecule has 0 spiro atoms. The summed E-state index contributed by atoms with van der Waals surface area (Å²) >= 11 is 13.3. The van der Waals surface area contributed by atoms with Crippen molar-refractivity contribution < 1.29 is 18.7 Å². The topological polar surface area (TPSA) is 61.9 Å². The van der Waals surface area contributed by atoms with Crippen LogP contribution in [0.3, 0.4) is 0 Å². The van der Waals surface area contributed by atoms with E-state index in [2.05, 4.69) is 15.1 Å². The first kappa shape index (κ1) is 25.6. The van der Waals surface area contributed by atoms with Gasteiger partial charge in [0.1, 0.15) is 16.4 Å². The monoisotopic (exact) mass is 535 g/mol. The van der Waals surface area contributed by atoms with Gasteiger partial charge in [0.25, 0.3) is 0 Å². The summed E-state index contributed by atoms with van der Waals surface area (Å²) in [7, 11) is 1.29. The highest BCUT2D eigenvalue weighted by Gasteiger charge is 2.24. The third-order valence-electron chi connectivity index (χ3n) is 5.81. The molecule has 0 unspecified atom stereocenters. The summed E-state index contributed by atoms with van der Waals surface area (Å²) in [4.78, 5) is 29.6. The maximum Gasteiger partial charge on any atom is 0.341 e. The Kier molecular flexibility index (Phi) is 8.41. The predicted octanol–water partition coefficient (Wildman–Crippen LogP) is 5.40. The minimum Gasteiger partial charge on any atom is -0.465 e. The highest BCUT2D eigenvalue weighted by molar-refractivity contribution is 7.15. The van der Waals surface area contributed by atoms with Gasteiger partial charge >= 0.3 is 5.97 Å². The zero-order chi connectivity index (χ0) is 24.9. The molecule has 3 aromatic rings. The van der Waals surface area contributed by atoms with Crippen LogP contribution in [0.15, 0.2) is 47.8 Å². The van der Waals surface area contributed by atoms with Crippen LogP contribution in [-0.2, 0) is 16.1 Å². The van der Waals surface area contributed by atoms with E-state index in [0.717, 1.165) is 38.3 Å². The third-order valence-corrected chi connectivity index (χ3v) is 7.45. The van der Waals surface area contributed by atoms with Crippen molar-refractivity contribution in [3.63, 3.8) is 0 Å². The summed E-state index contributed by atoms with van der Waals surface area (Å²) in [6.45, 7) is 4.09. The van der Waals surface area contributed by atoms with E-state index >= 15 is 0 Å². The normalized spacial score (nSPS) is 14.6. The van der Waals surface area contributed by atoms with Crippen LogP contribution >= 0.6 is 34.5 Å². The molecule has 35 heavy (non-hydrogen) atoms. The first-order valence-electron chi connectivity index (χ1n) is 11.0. The summed E-state index contributed by atoms with van der Waals surface area (Å²) in [5, 5.41) is 6.12. The fraction of sp³-hybridized carbons (Fsp3) is 0.280. The number of thiophene rings is 1. The van der Waals surface area contributed by atoms with E-state index in [1.165, 1.54) is 30.6 Å². The quantitative estimate of drug-likeness (QED) is 0.410. The number of hydrogen-bond donors (Lipinski definition) is 1. The van der Waals surface area contributed by atoms with Gasteiger partial charge in [-0.3, -0.25) is 14.6 Å². The first-order chi connectivity index (χ1) is 16.8. The number of esters is 1. The fourth-order valence-electron chi connectivity index (χ4n) is 3.97. The lowest BCUT2D eigenvalue weighted by Crippen LogP contribution is -2.48. The Morgan fingerprint density at radius 3 is 2.37 bits per heavy atom. The SMILES string of the molecule is COC(=O)c1c(-c2ccc(F)cc2)csc1NC(=O)CN1CCN(Cc2ccc(Cl)c(Cl)c2)CC1. The summed E-state index contributed by atoms with van der Waals surface area (Å²) in [6.07, 6.45) is 0. The van der Waals surface area contributed by atoms with Crippen molar-refractivity contribution in [2.24, 2.45) is 0 Å². The molecule has 2 heterocycles. The molecule has 10 heteroatoms. The van der Waals surface area contributed by atoms with Gasteiger partial charge in [-0.05, 0) is 35.4 Å². The molecule has 1 amide bonds. The molecule has 0 saturated carbocycles. The Labute approximate surface area is 217 Å². The lowest BCUT2D eigenvalue weighted by Gasteiger charge is -2.34. The van der Waals surface area contributed by atoms with Crippen LogP contribution in [0.4, 0.5) is 9.39 Å². The van der Waals surface area contributed by atoms with Crippen LogP contribution in [0.1, 0.15) is 15.9 Å². The van der Waals surface area contributed by atoms with Gasteiger partial charge < -0.3 is 10.1 Å². The zero-order valence-corrected chi connectivity index (χ0v) is 21.4. The van der Waals surface area contributed by atoms with Crippen molar-refractivity contribution >= 4 is 51.4 Å². The zero-order valence-electron chi connectivity index (χ0n) is 19.0. The van der Waals surface area contributed by atoms with Gasteiger partial charge in [0, 0.05) is 43.7 Å². The van der Waals surface area contributed by atoms with E-state index in [0.29, 0.717) is 26.2 Å². The molecule has 1 fully saturated rings. The molecular formula is C25H24Cl2FN3O3S. The number of nitrogens with zero attached hydrogens (tertiary/aromatic N) is 2. The van der Waals surface area contributed by atoms with Crippen molar-refractivity contribution in [3.8, 4) is 11.1 Å². The lowest BCUT2D eigenvalue weighted by molar-refractivity contribution is -0.117. The fourth-order valence-corrected chi connectivity index (χ4v) is 5.26. The number of halogens is 3. The third kappa shape index (κ3) is 6.39. The van der Waals surface area contributed by atoms with Crippen LogP contribution in [0.25, 0.3) is 11.1 Å². The van der Waals surface area contributed by atoms with E-state index in [9.17, 15) is 14.0 Å². The molecule has 6 nitrogen and oxygen atoms in total. The number of benzene rings is 2. The Hall–Kier alpha value is -2.49. The molecule has 1 aliphatic heterocycles. The number of carbonyl (C=O) groups is 2. The summed E-state index contributed by atoms with van der Waals surface area (Å²) in [5.74, 6) is -1.13. The highest BCUT2D eigenvalue weighted by Crippen LogP contribution is 2.36. The highest BCUT2D eigenvalue weighted by atomic mass is 35.5. The predicted molar refractivity (Wildman–Crippen MR) is 138 cm³/mol. The van der Waals surface area contributed by atoms with E-state index in [1.54, 1.807) is 23.6 Å². The Bertz CT molecular complexity index is 1210. The Balaban J connectivity index is 1.35. The minimum atomic E-state index is -0.559. The molecule has 0 radical (unpaired) electrons. The van der Waals surface area contributed by atoms with Crippen LogP contribution in [0.2, 0.25) is 10.0 Å². The van der Waals surface area contributed by atoms with Gasteiger partial charge in [0.2, 0.25) is 5.91 Å². The van der Waals surface area contributed by atoms with E-state index in [4.69, 9.17) is 27.9 Å². The van der Waals surface area contributed by atoms with E-state index < -0.39 is 5.97 Å². The van der Waals surface area contributed by atoms with Crippen LogP contribution < -0.4 is 5.32 Å². The lowest BCUT2D eigenvalue weighted by atomic mass is 10.0. The number of ether oxygens (including phenoxy) is 1. The molecular weight excluding hydrogens is 512 g/mol.